The Hall–Kier alpha value is -1.69. The topological polar surface area (TPSA) is 69.4 Å². The van der Waals surface area contributed by atoms with Gasteiger partial charge in [0.25, 0.3) is 5.69 Å². The second kappa shape index (κ2) is 5.30. The van der Waals surface area contributed by atoms with Crippen LogP contribution in [0.15, 0.2) is 18.2 Å². The minimum Gasteiger partial charge on any atom is -0.462 e. The molecular weight excluding hydrogens is 250 g/mol. The number of rotatable bonds is 4. The summed E-state index contributed by atoms with van der Waals surface area (Å²) in [4.78, 5) is 22.2. The molecule has 18 heavy (non-hydrogen) atoms. The number of hydrogen-bond acceptors (Lipinski definition) is 4. The minimum absolute atomic E-state index is 0.0143. The summed E-state index contributed by atoms with van der Waals surface area (Å²) in [5.74, 6) is -0.412. The lowest BCUT2D eigenvalue weighted by atomic mass is 10.2. The van der Waals surface area contributed by atoms with Crippen molar-refractivity contribution < 1.29 is 14.5 Å². The van der Waals surface area contributed by atoms with Crippen LogP contribution in [0, 0.1) is 10.1 Å². The van der Waals surface area contributed by atoms with Crippen LogP contribution in [0.2, 0.25) is 19.6 Å². The van der Waals surface area contributed by atoms with E-state index in [1.165, 1.54) is 18.2 Å². The highest BCUT2D eigenvalue weighted by Gasteiger charge is 2.26. The van der Waals surface area contributed by atoms with Crippen LogP contribution in [0.4, 0.5) is 5.69 Å². The van der Waals surface area contributed by atoms with Gasteiger partial charge in [0, 0.05) is 12.1 Å². The summed E-state index contributed by atoms with van der Waals surface area (Å²) in [7, 11) is -1.85. The molecule has 0 aromatic heterocycles. The van der Waals surface area contributed by atoms with Gasteiger partial charge < -0.3 is 4.74 Å². The molecule has 0 radical (unpaired) electrons. The Balaban J connectivity index is 3.34. The van der Waals surface area contributed by atoms with Gasteiger partial charge in [0.05, 0.1) is 25.2 Å². The van der Waals surface area contributed by atoms with Crippen LogP contribution in [0.5, 0.6) is 0 Å². The molecule has 0 aliphatic carbocycles. The van der Waals surface area contributed by atoms with Crippen LogP contribution < -0.4 is 5.19 Å². The van der Waals surface area contributed by atoms with Crippen molar-refractivity contribution in [3.8, 4) is 0 Å². The Morgan fingerprint density at radius 3 is 2.44 bits per heavy atom. The van der Waals surface area contributed by atoms with Crippen molar-refractivity contribution in [2.45, 2.75) is 26.6 Å². The molecule has 0 atom stereocenters. The van der Waals surface area contributed by atoms with Gasteiger partial charge in [0.1, 0.15) is 0 Å². The van der Waals surface area contributed by atoms with Crippen molar-refractivity contribution in [2.75, 3.05) is 6.61 Å². The Labute approximate surface area is 107 Å². The predicted molar refractivity (Wildman–Crippen MR) is 72.0 cm³/mol. The molecule has 0 bridgehead atoms. The molecule has 6 heteroatoms. The monoisotopic (exact) mass is 267 g/mol. The van der Waals surface area contributed by atoms with E-state index < -0.39 is 19.0 Å². The maximum atomic E-state index is 11.8. The van der Waals surface area contributed by atoms with Crippen LogP contribution in [-0.2, 0) is 4.74 Å². The molecule has 1 aromatic carbocycles. The number of nitrogens with zero attached hydrogens (tertiary/aromatic N) is 1. The first-order chi connectivity index (χ1) is 8.27. The van der Waals surface area contributed by atoms with Crippen LogP contribution in [0.3, 0.4) is 0 Å². The van der Waals surface area contributed by atoms with Gasteiger partial charge in [-0.25, -0.2) is 4.79 Å². The third-order valence-electron chi connectivity index (χ3n) is 2.52. The molecule has 0 saturated heterocycles. The molecule has 0 spiro atoms. The van der Waals surface area contributed by atoms with Crippen molar-refractivity contribution in [3.63, 3.8) is 0 Å². The molecule has 0 aliphatic rings. The minimum atomic E-state index is -1.85. The smallest absolute Gasteiger partial charge is 0.337 e. The molecule has 0 heterocycles. The number of nitro groups is 1. The second-order valence-corrected chi connectivity index (χ2v) is 10.00. The number of non-ortho nitro benzene ring substituents is 1. The fourth-order valence-corrected chi connectivity index (χ4v) is 3.23. The van der Waals surface area contributed by atoms with E-state index in [-0.39, 0.29) is 5.69 Å². The third-order valence-corrected chi connectivity index (χ3v) is 4.55. The number of benzene rings is 1. The average Bonchev–Trinajstić information content (AvgIpc) is 2.27. The van der Waals surface area contributed by atoms with Gasteiger partial charge in [-0.05, 0) is 18.2 Å². The van der Waals surface area contributed by atoms with Crippen molar-refractivity contribution in [3.05, 3.63) is 33.9 Å². The zero-order valence-electron chi connectivity index (χ0n) is 11.0. The van der Waals surface area contributed by atoms with E-state index in [9.17, 15) is 14.9 Å². The molecule has 0 fully saturated rings. The molecule has 1 rings (SSSR count). The van der Waals surface area contributed by atoms with Gasteiger partial charge in [0.15, 0.2) is 0 Å². The van der Waals surface area contributed by atoms with E-state index in [0.717, 1.165) is 5.19 Å². The van der Waals surface area contributed by atoms with E-state index in [2.05, 4.69) is 0 Å². The van der Waals surface area contributed by atoms with Crippen LogP contribution in [-0.4, -0.2) is 25.6 Å². The van der Waals surface area contributed by atoms with E-state index in [1.54, 1.807) is 6.92 Å². The van der Waals surface area contributed by atoms with Crippen molar-refractivity contribution >= 4 is 24.9 Å². The molecular formula is C12H17NO4Si. The average molecular weight is 267 g/mol. The summed E-state index contributed by atoms with van der Waals surface area (Å²) in [6.07, 6.45) is 0. The van der Waals surface area contributed by atoms with Gasteiger partial charge >= 0.3 is 5.97 Å². The first kappa shape index (κ1) is 14.4. The third kappa shape index (κ3) is 3.16. The Bertz CT molecular complexity index is 479. The first-order valence-corrected chi connectivity index (χ1v) is 9.23. The number of carbonyl (C=O) groups excluding carboxylic acids is 1. The summed E-state index contributed by atoms with van der Waals surface area (Å²) in [6, 6.07) is 4.33. The van der Waals surface area contributed by atoms with E-state index in [1.807, 2.05) is 19.6 Å². The normalized spacial score (nSPS) is 11.1. The fraction of sp³-hybridized carbons (Fsp3) is 0.417. The Morgan fingerprint density at radius 2 is 2.00 bits per heavy atom. The number of nitro benzene ring substituents is 1. The highest BCUT2D eigenvalue weighted by Crippen LogP contribution is 2.16. The molecule has 0 amide bonds. The molecule has 0 saturated carbocycles. The molecule has 0 unspecified atom stereocenters. The second-order valence-electron chi connectivity index (χ2n) is 4.96. The van der Waals surface area contributed by atoms with Crippen LogP contribution in [0.25, 0.3) is 0 Å². The highest BCUT2D eigenvalue weighted by molar-refractivity contribution is 6.89. The van der Waals surface area contributed by atoms with Crippen molar-refractivity contribution in [1.82, 2.24) is 0 Å². The van der Waals surface area contributed by atoms with Gasteiger partial charge in [-0.15, -0.1) is 0 Å². The summed E-state index contributed by atoms with van der Waals surface area (Å²) in [6.45, 7) is 8.14. The van der Waals surface area contributed by atoms with Crippen molar-refractivity contribution in [2.24, 2.45) is 0 Å². The summed E-state index contributed by atoms with van der Waals surface area (Å²) >= 11 is 0. The number of esters is 1. The fourth-order valence-electron chi connectivity index (χ4n) is 1.65. The molecule has 0 N–H and O–H groups in total. The van der Waals surface area contributed by atoms with Gasteiger partial charge in [-0.1, -0.05) is 19.6 Å². The SMILES string of the molecule is CCOC(=O)c1ccc([N+](=O)[O-])cc1[Si](C)(C)C. The number of carbonyl (C=O) groups is 1. The van der Waals surface area contributed by atoms with Gasteiger partial charge in [-0.3, -0.25) is 10.1 Å². The molecule has 5 nitrogen and oxygen atoms in total. The maximum Gasteiger partial charge on any atom is 0.337 e. The summed E-state index contributed by atoms with van der Waals surface area (Å²) in [5.41, 5.74) is 0.460. The van der Waals surface area contributed by atoms with E-state index in [4.69, 9.17) is 4.74 Å². The van der Waals surface area contributed by atoms with Gasteiger partial charge in [-0.2, -0.15) is 0 Å². The lowest BCUT2D eigenvalue weighted by Crippen LogP contribution is -2.41. The zero-order chi connectivity index (χ0) is 13.9. The summed E-state index contributed by atoms with van der Waals surface area (Å²) < 4.78 is 4.98. The number of ether oxygens (including phenoxy) is 1. The number of hydrogen-bond donors (Lipinski definition) is 0. The Morgan fingerprint density at radius 1 is 1.39 bits per heavy atom. The van der Waals surface area contributed by atoms with E-state index in [0.29, 0.717) is 12.2 Å². The highest BCUT2D eigenvalue weighted by atomic mass is 28.3. The standard InChI is InChI=1S/C12H17NO4Si/c1-5-17-12(14)10-7-6-9(13(15)16)8-11(10)18(2,3)4/h6-8H,5H2,1-4H3. The maximum absolute atomic E-state index is 11.8. The van der Waals surface area contributed by atoms with Crippen LogP contribution >= 0.6 is 0 Å². The summed E-state index contributed by atoms with van der Waals surface area (Å²) in [5, 5.41) is 11.6. The van der Waals surface area contributed by atoms with E-state index >= 15 is 0 Å². The zero-order valence-corrected chi connectivity index (χ0v) is 12.0. The molecule has 0 aliphatic heterocycles. The molecule has 98 valence electrons. The van der Waals surface area contributed by atoms with Gasteiger partial charge in [0.2, 0.25) is 0 Å². The van der Waals surface area contributed by atoms with Crippen LogP contribution in [0.1, 0.15) is 17.3 Å². The predicted octanol–water partition coefficient (Wildman–Crippen LogP) is 2.32. The lowest BCUT2D eigenvalue weighted by Gasteiger charge is -2.19. The lowest BCUT2D eigenvalue weighted by molar-refractivity contribution is -0.384. The molecule has 1 aromatic rings. The van der Waals surface area contributed by atoms with Crippen molar-refractivity contribution in [1.29, 1.82) is 0 Å². The Kier molecular flexibility index (Phi) is 4.23. The largest absolute Gasteiger partial charge is 0.462 e. The quantitative estimate of drug-likeness (QED) is 0.363. The first-order valence-electron chi connectivity index (χ1n) is 5.73.